The van der Waals surface area contributed by atoms with Gasteiger partial charge in [-0.2, -0.15) is 0 Å². The van der Waals surface area contributed by atoms with E-state index in [1.54, 1.807) is 38.1 Å². The zero-order chi connectivity index (χ0) is 19.6. The highest BCUT2D eigenvalue weighted by atomic mass is 16.4. The standard InChI is InChI=1S/C20H27N3O4/c1-20(2)16(17(20)19(26)27)18(25)22-14-8-6-13(7-9-14)21-15(24)12-23-10-4-3-5-11-23/h6-9,16-17H,3-5,10-12H2,1-2H3,(H,21,24)(H,22,25)(H,26,27). The summed E-state index contributed by atoms with van der Waals surface area (Å²) in [6.07, 6.45) is 3.51. The van der Waals surface area contributed by atoms with E-state index in [0.29, 0.717) is 17.9 Å². The van der Waals surface area contributed by atoms with Gasteiger partial charge in [0.25, 0.3) is 0 Å². The Bertz CT molecular complexity index is 723. The largest absolute Gasteiger partial charge is 0.481 e. The van der Waals surface area contributed by atoms with E-state index in [0.717, 1.165) is 25.9 Å². The molecule has 2 atom stereocenters. The third-order valence-corrected chi connectivity index (χ3v) is 5.63. The zero-order valence-electron chi connectivity index (χ0n) is 15.8. The van der Waals surface area contributed by atoms with Gasteiger partial charge < -0.3 is 15.7 Å². The first-order chi connectivity index (χ1) is 12.8. The third-order valence-electron chi connectivity index (χ3n) is 5.63. The molecule has 0 spiro atoms. The number of hydrogen-bond donors (Lipinski definition) is 3. The van der Waals surface area contributed by atoms with Gasteiger partial charge in [-0.15, -0.1) is 0 Å². The number of carbonyl (C=O) groups excluding carboxylic acids is 2. The van der Waals surface area contributed by atoms with Crippen LogP contribution in [0, 0.1) is 17.3 Å². The molecule has 2 aliphatic rings. The summed E-state index contributed by atoms with van der Waals surface area (Å²) in [5.41, 5.74) is 0.726. The topological polar surface area (TPSA) is 98.7 Å². The van der Waals surface area contributed by atoms with E-state index in [9.17, 15) is 19.5 Å². The van der Waals surface area contributed by atoms with Gasteiger partial charge >= 0.3 is 5.97 Å². The Hall–Kier alpha value is -2.41. The van der Waals surface area contributed by atoms with Crippen LogP contribution in [0.4, 0.5) is 11.4 Å². The van der Waals surface area contributed by atoms with Crippen molar-refractivity contribution in [2.75, 3.05) is 30.3 Å². The summed E-state index contributed by atoms with van der Waals surface area (Å²) >= 11 is 0. The van der Waals surface area contributed by atoms with Gasteiger partial charge in [0.2, 0.25) is 11.8 Å². The summed E-state index contributed by atoms with van der Waals surface area (Å²) in [5.74, 6) is -2.44. The molecule has 0 aromatic heterocycles. The lowest BCUT2D eigenvalue weighted by atomic mass is 10.1. The molecule has 3 N–H and O–H groups in total. The molecule has 1 aliphatic carbocycles. The molecule has 2 amide bonds. The van der Waals surface area contributed by atoms with Gasteiger partial charge in [-0.05, 0) is 55.6 Å². The van der Waals surface area contributed by atoms with Crippen LogP contribution < -0.4 is 10.6 Å². The minimum atomic E-state index is -0.938. The fourth-order valence-corrected chi connectivity index (χ4v) is 3.97. The SMILES string of the molecule is CC1(C)C(C(=O)O)C1C(=O)Nc1ccc(NC(=O)CN2CCCCC2)cc1. The summed E-state index contributed by atoms with van der Waals surface area (Å²) in [7, 11) is 0. The molecule has 3 rings (SSSR count). The van der Waals surface area contributed by atoms with Gasteiger partial charge in [0.05, 0.1) is 18.4 Å². The zero-order valence-corrected chi connectivity index (χ0v) is 15.8. The fraction of sp³-hybridized carbons (Fsp3) is 0.550. The summed E-state index contributed by atoms with van der Waals surface area (Å²) in [4.78, 5) is 37.8. The highest BCUT2D eigenvalue weighted by Crippen LogP contribution is 2.58. The summed E-state index contributed by atoms with van der Waals surface area (Å²) in [5, 5.41) is 14.8. The third kappa shape index (κ3) is 4.47. The molecule has 1 saturated carbocycles. The summed E-state index contributed by atoms with van der Waals surface area (Å²) in [6, 6.07) is 6.88. The van der Waals surface area contributed by atoms with Crippen molar-refractivity contribution in [1.82, 2.24) is 4.90 Å². The average Bonchev–Trinajstić information content (AvgIpc) is 3.20. The maximum atomic E-state index is 12.3. The molecule has 1 aliphatic heterocycles. The number of nitrogens with zero attached hydrogens (tertiary/aromatic N) is 1. The number of likely N-dealkylation sites (tertiary alicyclic amines) is 1. The molecular formula is C20H27N3O4. The number of benzene rings is 1. The highest BCUT2D eigenvalue weighted by molar-refractivity contribution is 6.00. The second-order valence-corrected chi connectivity index (χ2v) is 8.07. The minimum absolute atomic E-state index is 0.0438. The number of carboxylic acids is 1. The average molecular weight is 373 g/mol. The van der Waals surface area contributed by atoms with E-state index in [-0.39, 0.29) is 11.8 Å². The van der Waals surface area contributed by atoms with Gasteiger partial charge in [-0.1, -0.05) is 20.3 Å². The Kier molecular flexibility index (Phi) is 5.51. The van der Waals surface area contributed by atoms with E-state index in [1.807, 2.05) is 0 Å². The molecule has 0 bridgehead atoms. The smallest absolute Gasteiger partial charge is 0.307 e. The van der Waals surface area contributed by atoms with E-state index < -0.39 is 23.2 Å². The second-order valence-electron chi connectivity index (χ2n) is 8.07. The van der Waals surface area contributed by atoms with Crippen LogP contribution >= 0.6 is 0 Å². The predicted octanol–water partition coefficient (Wildman–Crippen LogP) is 2.41. The van der Waals surface area contributed by atoms with Crippen molar-refractivity contribution in [3.63, 3.8) is 0 Å². The van der Waals surface area contributed by atoms with Crippen LogP contribution in [0.1, 0.15) is 33.1 Å². The van der Waals surface area contributed by atoms with Crippen molar-refractivity contribution in [3.8, 4) is 0 Å². The van der Waals surface area contributed by atoms with Crippen LogP contribution in [0.2, 0.25) is 0 Å². The van der Waals surface area contributed by atoms with Crippen LogP contribution in [-0.2, 0) is 14.4 Å². The molecular weight excluding hydrogens is 346 g/mol. The van der Waals surface area contributed by atoms with Gasteiger partial charge in [0.15, 0.2) is 0 Å². The Labute approximate surface area is 159 Å². The number of carbonyl (C=O) groups is 3. The van der Waals surface area contributed by atoms with E-state index in [4.69, 9.17) is 0 Å². The highest BCUT2D eigenvalue weighted by Gasteiger charge is 2.65. The number of aliphatic carboxylic acids is 1. The molecule has 1 aromatic rings. The van der Waals surface area contributed by atoms with E-state index >= 15 is 0 Å². The van der Waals surface area contributed by atoms with Crippen molar-refractivity contribution in [2.24, 2.45) is 17.3 Å². The number of carboxylic acid groups (broad SMARTS) is 1. The Morgan fingerprint density at radius 3 is 2.07 bits per heavy atom. The van der Waals surface area contributed by atoms with Crippen LogP contribution in [0.3, 0.4) is 0 Å². The van der Waals surface area contributed by atoms with Crippen molar-refractivity contribution in [1.29, 1.82) is 0 Å². The molecule has 1 heterocycles. The van der Waals surface area contributed by atoms with Crippen molar-refractivity contribution in [2.45, 2.75) is 33.1 Å². The number of nitrogens with one attached hydrogen (secondary N) is 2. The molecule has 2 unspecified atom stereocenters. The number of hydrogen-bond acceptors (Lipinski definition) is 4. The predicted molar refractivity (Wildman–Crippen MR) is 102 cm³/mol. The van der Waals surface area contributed by atoms with Crippen LogP contribution in [-0.4, -0.2) is 47.4 Å². The van der Waals surface area contributed by atoms with Crippen molar-refractivity contribution < 1.29 is 19.5 Å². The lowest BCUT2D eigenvalue weighted by Crippen LogP contribution is -2.36. The normalized spacial score (nSPS) is 24.1. The lowest BCUT2D eigenvalue weighted by molar-refractivity contribution is -0.140. The Morgan fingerprint density at radius 1 is 1.00 bits per heavy atom. The second kappa shape index (κ2) is 7.68. The Morgan fingerprint density at radius 2 is 1.56 bits per heavy atom. The van der Waals surface area contributed by atoms with Gasteiger partial charge in [0.1, 0.15) is 0 Å². The van der Waals surface area contributed by atoms with E-state index in [2.05, 4.69) is 15.5 Å². The first-order valence-electron chi connectivity index (χ1n) is 9.45. The first-order valence-corrected chi connectivity index (χ1v) is 9.45. The Balaban J connectivity index is 1.51. The fourth-order valence-electron chi connectivity index (χ4n) is 3.97. The van der Waals surface area contributed by atoms with Crippen molar-refractivity contribution >= 4 is 29.2 Å². The quantitative estimate of drug-likeness (QED) is 0.711. The number of piperidine rings is 1. The number of rotatable bonds is 6. The van der Waals surface area contributed by atoms with Crippen molar-refractivity contribution in [3.05, 3.63) is 24.3 Å². The van der Waals surface area contributed by atoms with Gasteiger partial charge in [-0.3, -0.25) is 19.3 Å². The molecule has 1 aromatic carbocycles. The molecule has 2 fully saturated rings. The maximum absolute atomic E-state index is 12.3. The summed E-state index contributed by atoms with van der Waals surface area (Å²) < 4.78 is 0. The van der Waals surface area contributed by atoms with Crippen LogP contribution in [0.5, 0.6) is 0 Å². The molecule has 146 valence electrons. The van der Waals surface area contributed by atoms with Gasteiger partial charge in [0, 0.05) is 11.4 Å². The first kappa shape index (κ1) is 19.4. The van der Waals surface area contributed by atoms with Gasteiger partial charge in [-0.25, -0.2) is 0 Å². The summed E-state index contributed by atoms with van der Waals surface area (Å²) in [6.45, 7) is 5.90. The molecule has 0 radical (unpaired) electrons. The van der Waals surface area contributed by atoms with Crippen LogP contribution in [0.25, 0.3) is 0 Å². The molecule has 27 heavy (non-hydrogen) atoms. The van der Waals surface area contributed by atoms with Crippen LogP contribution in [0.15, 0.2) is 24.3 Å². The number of anilines is 2. The van der Waals surface area contributed by atoms with E-state index in [1.165, 1.54) is 6.42 Å². The molecule has 7 heteroatoms. The monoisotopic (exact) mass is 373 g/mol. The molecule has 7 nitrogen and oxygen atoms in total. The number of amides is 2. The lowest BCUT2D eigenvalue weighted by Gasteiger charge is -2.25. The molecule has 1 saturated heterocycles. The minimum Gasteiger partial charge on any atom is -0.481 e. The maximum Gasteiger partial charge on any atom is 0.307 e.